The highest BCUT2D eigenvalue weighted by atomic mass is 16.2. The summed E-state index contributed by atoms with van der Waals surface area (Å²) < 4.78 is 0. The SMILES string of the molecule is CC(=O)N1CCC[C@@H]1c1cccnc1NC1CC1. The molecule has 1 amide bonds. The predicted octanol–water partition coefficient (Wildman–Crippen LogP) is 2.34. The van der Waals surface area contributed by atoms with Gasteiger partial charge in [-0.3, -0.25) is 4.79 Å². The van der Waals surface area contributed by atoms with E-state index in [1.54, 1.807) is 6.92 Å². The van der Waals surface area contributed by atoms with Crippen LogP contribution in [-0.2, 0) is 4.79 Å². The Kier molecular flexibility index (Phi) is 2.94. The van der Waals surface area contributed by atoms with E-state index < -0.39 is 0 Å². The standard InChI is InChI=1S/C14H19N3O/c1-10(18)17-9-3-5-13(17)12-4-2-8-15-14(12)16-11-6-7-11/h2,4,8,11,13H,3,5-7,9H2,1H3,(H,15,16)/t13-/m1/s1. The Bertz CT molecular complexity index is 456. The van der Waals surface area contributed by atoms with Gasteiger partial charge in [0.05, 0.1) is 6.04 Å². The molecule has 0 bridgehead atoms. The van der Waals surface area contributed by atoms with Crippen LogP contribution >= 0.6 is 0 Å². The summed E-state index contributed by atoms with van der Waals surface area (Å²) in [6, 6.07) is 4.86. The van der Waals surface area contributed by atoms with Crippen LogP contribution in [0.25, 0.3) is 0 Å². The van der Waals surface area contributed by atoms with Crippen LogP contribution in [-0.4, -0.2) is 28.4 Å². The first-order chi connectivity index (χ1) is 8.75. The van der Waals surface area contributed by atoms with E-state index in [-0.39, 0.29) is 11.9 Å². The number of carbonyl (C=O) groups is 1. The van der Waals surface area contributed by atoms with Gasteiger partial charge in [-0.1, -0.05) is 6.07 Å². The van der Waals surface area contributed by atoms with Gasteiger partial charge in [-0.15, -0.1) is 0 Å². The summed E-state index contributed by atoms with van der Waals surface area (Å²) in [5.74, 6) is 1.14. The maximum Gasteiger partial charge on any atom is 0.219 e. The molecule has 1 aromatic heterocycles. The van der Waals surface area contributed by atoms with Gasteiger partial charge in [0.25, 0.3) is 0 Å². The zero-order valence-corrected chi connectivity index (χ0v) is 10.7. The minimum Gasteiger partial charge on any atom is -0.367 e. The van der Waals surface area contributed by atoms with Gasteiger partial charge >= 0.3 is 0 Å². The van der Waals surface area contributed by atoms with Gasteiger partial charge in [-0.05, 0) is 31.7 Å². The smallest absolute Gasteiger partial charge is 0.219 e. The summed E-state index contributed by atoms with van der Waals surface area (Å²) in [5.41, 5.74) is 1.18. The van der Waals surface area contributed by atoms with Crippen molar-refractivity contribution in [3.05, 3.63) is 23.9 Å². The highest BCUT2D eigenvalue weighted by Crippen LogP contribution is 2.36. The topological polar surface area (TPSA) is 45.2 Å². The van der Waals surface area contributed by atoms with Gasteiger partial charge in [-0.2, -0.15) is 0 Å². The monoisotopic (exact) mass is 245 g/mol. The van der Waals surface area contributed by atoms with E-state index in [1.807, 2.05) is 17.2 Å². The fourth-order valence-electron chi connectivity index (χ4n) is 2.70. The van der Waals surface area contributed by atoms with Crippen LogP contribution in [0.15, 0.2) is 18.3 Å². The van der Waals surface area contributed by atoms with Gasteiger partial charge in [0, 0.05) is 31.3 Å². The van der Waals surface area contributed by atoms with Crippen molar-refractivity contribution in [1.82, 2.24) is 9.88 Å². The van der Waals surface area contributed by atoms with E-state index in [1.165, 1.54) is 18.4 Å². The van der Waals surface area contributed by atoms with Crippen LogP contribution in [0.5, 0.6) is 0 Å². The largest absolute Gasteiger partial charge is 0.367 e. The van der Waals surface area contributed by atoms with Crippen LogP contribution in [0.4, 0.5) is 5.82 Å². The van der Waals surface area contributed by atoms with Crippen molar-refractivity contribution in [1.29, 1.82) is 0 Å². The molecule has 18 heavy (non-hydrogen) atoms. The molecule has 1 N–H and O–H groups in total. The van der Waals surface area contributed by atoms with E-state index in [0.717, 1.165) is 25.2 Å². The van der Waals surface area contributed by atoms with Crippen LogP contribution in [0.1, 0.15) is 44.2 Å². The minimum atomic E-state index is 0.165. The maximum atomic E-state index is 11.7. The number of pyridine rings is 1. The fourth-order valence-corrected chi connectivity index (χ4v) is 2.70. The second-order valence-electron chi connectivity index (χ2n) is 5.23. The first kappa shape index (κ1) is 11.5. The lowest BCUT2D eigenvalue weighted by molar-refractivity contribution is -0.129. The average Bonchev–Trinajstić information content (AvgIpc) is 3.04. The lowest BCUT2D eigenvalue weighted by atomic mass is 10.1. The second kappa shape index (κ2) is 4.59. The third-order valence-corrected chi connectivity index (χ3v) is 3.77. The van der Waals surface area contributed by atoms with E-state index >= 15 is 0 Å². The summed E-state index contributed by atoms with van der Waals surface area (Å²) in [7, 11) is 0. The van der Waals surface area contributed by atoms with Crippen molar-refractivity contribution in [2.75, 3.05) is 11.9 Å². The molecule has 1 saturated carbocycles. The zero-order valence-electron chi connectivity index (χ0n) is 10.7. The number of likely N-dealkylation sites (tertiary alicyclic amines) is 1. The maximum absolute atomic E-state index is 11.7. The highest BCUT2D eigenvalue weighted by molar-refractivity contribution is 5.74. The van der Waals surface area contributed by atoms with Crippen molar-refractivity contribution in [3.8, 4) is 0 Å². The number of hydrogen-bond acceptors (Lipinski definition) is 3. The Morgan fingerprint density at radius 1 is 1.44 bits per heavy atom. The minimum absolute atomic E-state index is 0.165. The third-order valence-electron chi connectivity index (χ3n) is 3.77. The number of nitrogens with zero attached hydrogens (tertiary/aromatic N) is 2. The summed E-state index contributed by atoms with van der Waals surface area (Å²) in [5, 5.41) is 3.47. The molecule has 0 unspecified atom stereocenters. The molecule has 2 fully saturated rings. The van der Waals surface area contributed by atoms with Gasteiger partial charge in [0.15, 0.2) is 0 Å². The Hall–Kier alpha value is -1.58. The van der Waals surface area contributed by atoms with Crippen LogP contribution in [0.2, 0.25) is 0 Å². The number of hydrogen-bond donors (Lipinski definition) is 1. The molecule has 0 radical (unpaired) electrons. The van der Waals surface area contributed by atoms with Crippen molar-refractivity contribution in [2.24, 2.45) is 0 Å². The summed E-state index contributed by atoms with van der Waals surface area (Å²) >= 11 is 0. The van der Waals surface area contributed by atoms with E-state index in [9.17, 15) is 4.79 Å². The first-order valence-corrected chi connectivity index (χ1v) is 6.74. The van der Waals surface area contributed by atoms with Crippen molar-refractivity contribution < 1.29 is 4.79 Å². The molecule has 2 heterocycles. The number of aromatic nitrogens is 1. The van der Waals surface area contributed by atoms with Gasteiger partial charge in [0.1, 0.15) is 5.82 Å². The molecule has 1 aliphatic heterocycles. The number of anilines is 1. The summed E-state index contributed by atoms with van der Waals surface area (Å²) in [4.78, 5) is 18.1. The molecule has 1 aromatic rings. The van der Waals surface area contributed by atoms with E-state index in [0.29, 0.717) is 6.04 Å². The van der Waals surface area contributed by atoms with Crippen molar-refractivity contribution in [2.45, 2.75) is 44.7 Å². The Morgan fingerprint density at radius 2 is 2.28 bits per heavy atom. The summed E-state index contributed by atoms with van der Waals surface area (Å²) in [6.07, 6.45) is 6.42. The second-order valence-corrected chi connectivity index (χ2v) is 5.23. The fraction of sp³-hybridized carbons (Fsp3) is 0.571. The van der Waals surface area contributed by atoms with Gasteiger partial charge in [0.2, 0.25) is 5.91 Å². The first-order valence-electron chi connectivity index (χ1n) is 6.74. The van der Waals surface area contributed by atoms with E-state index in [2.05, 4.69) is 16.4 Å². The molecule has 4 heteroatoms. The van der Waals surface area contributed by atoms with Gasteiger partial charge in [-0.25, -0.2) is 4.98 Å². The molecule has 0 aromatic carbocycles. The van der Waals surface area contributed by atoms with Crippen molar-refractivity contribution >= 4 is 11.7 Å². The Labute approximate surface area is 107 Å². The Morgan fingerprint density at radius 3 is 3.00 bits per heavy atom. The molecule has 2 aliphatic rings. The highest BCUT2D eigenvalue weighted by Gasteiger charge is 2.31. The number of rotatable bonds is 3. The molecule has 1 atom stereocenters. The van der Waals surface area contributed by atoms with Crippen LogP contribution in [0.3, 0.4) is 0 Å². The average molecular weight is 245 g/mol. The lowest BCUT2D eigenvalue weighted by Crippen LogP contribution is -2.28. The number of amides is 1. The van der Waals surface area contributed by atoms with Gasteiger partial charge < -0.3 is 10.2 Å². The molecular formula is C14H19N3O. The number of nitrogens with one attached hydrogen (secondary N) is 1. The number of carbonyl (C=O) groups excluding carboxylic acids is 1. The zero-order chi connectivity index (χ0) is 12.5. The van der Waals surface area contributed by atoms with Crippen LogP contribution in [0, 0.1) is 0 Å². The van der Waals surface area contributed by atoms with E-state index in [4.69, 9.17) is 0 Å². The molecule has 4 nitrogen and oxygen atoms in total. The summed E-state index contributed by atoms with van der Waals surface area (Å²) in [6.45, 7) is 2.53. The molecule has 96 valence electrons. The molecular weight excluding hydrogens is 226 g/mol. The normalized spacial score (nSPS) is 23.2. The molecule has 0 spiro atoms. The third kappa shape index (κ3) is 2.19. The van der Waals surface area contributed by atoms with Crippen molar-refractivity contribution in [3.63, 3.8) is 0 Å². The molecule has 1 saturated heterocycles. The molecule has 3 rings (SSSR count). The molecule has 1 aliphatic carbocycles. The predicted molar refractivity (Wildman–Crippen MR) is 70.2 cm³/mol. The van der Waals surface area contributed by atoms with Crippen LogP contribution < -0.4 is 5.32 Å². The quantitative estimate of drug-likeness (QED) is 0.889. The Balaban J connectivity index is 1.87. The lowest BCUT2D eigenvalue weighted by Gasteiger charge is -2.25.